The maximum atomic E-state index is 10.2. The fourth-order valence-electron chi connectivity index (χ4n) is 2.35. The SMILES string of the molecule is CC(C)n1c(-c2cccc(N)c2O)nc2cccnc21. The van der Waals surface area contributed by atoms with Gasteiger partial charge in [0, 0.05) is 12.2 Å². The van der Waals surface area contributed by atoms with E-state index in [2.05, 4.69) is 23.8 Å². The van der Waals surface area contributed by atoms with Crippen molar-refractivity contribution in [3.63, 3.8) is 0 Å². The van der Waals surface area contributed by atoms with E-state index >= 15 is 0 Å². The number of fused-ring (bicyclic) bond motifs is 1. The Morgan fingerprint density at radius 1 is 1.20 bits per heavy atom. The molecule has 0 aliphatic rings. The molecule has 3 N–H and O–H groups in total. The van der Waals surface area contributed by atoms with Gasteiger partial charge in [-0.25, -0.2) is 9.97 Å². The van der Waals surface area contributed by atoms with Crippen molar-refractivity contribution >= 4 is 16.9 Å². The highest BCUT2D eigenvalue weighted by Gasteiger charge is 2.18. The van der Waals surface area contributed by atoms with Gasteiger partial charge >= 0.3 is 0 Å². The molecule has 0 aliphatic carbocycles. The summed E-state index contributed by atoms with van der Waals surface area (Å²) >= 11 is 0. The van der Waals surface area contributed by atoms with Gasteiger partial charge < -0.3 is 15.4 Å². The number of nitrogens with two attached hydrogens (primary N) is 1. The van der Waals surface area contributed by atoms with E-state index in [1.54, 1.807) is 12.3 Å². The number of aromatic nitrogens is 3. The minimum Gasteiger partial charge on any atom is -0.505 e. The smallest absolute Gasteiger partial charge is 0.160 e. The second kappa shape index (κ2) is 4.52. The average molecular weight is 268 g/mol. The van der Waals surface area contributed by atoms with Crippen LogP contribution in [0.1, 0.15) is 19.9 Å². The molecule has 0 bridgehead atoms. The molecule has 0 unspecified atom stereocenters. The number of benzene rings is 1. The minimum absolute atomic E-state index is 0.0599. The van der Waals surface area contributed by atoms with Gasteiger partial charge in [-0.2, -0.15) is 0 Å². The number of imidazole rings is 1. The Labute approximate surface area is 116 Å². The zero-order valence-corrected chi connectivity index (χ0v) is 11.4. The summed E-state index contributed by atoms with van der Waals surface area (Å²) < 4.78 is 2.00. The standard InChI is InChI=1S/C15H16N4O/c1-9(2)19-14(10-5-3-6-11(16)13(10)20)18-12-7-4-8-17-15(12)19/h3-9,20H,16H2,1-2H3. The molecule has 3 aromatic rings. The molecule has 3 rings (SSSR count). The molecule has 0 saturated heterocycles. The van der Waals surface area contributed by atoms with Crippen molar-refractivity contribution in [2.24, 2.45) is 0 Å². The van der Waals surface area contributed by atoms with Crippen LogP contribution in [0.2, 0.25) is 0 Å². The summed E-state index contributed by atoms with van der Waals surface area (Å²) in [4.78, 5) is 8.98. The highest BCUT2D eigenvalue weighted by Crippen LogP contribution is 2.35. The monoisotopic (exact) mass is 268 g/mol. The molecule has 2 aromatic heterocycles. The van der Waals surface area contributed by atoms with Crippen LogP contribution in [0.15, 0.2) is 36.5 Å². The lowest BCUT2D eigenvalue weighted by atomic mass is 10.1. The van der Waals surface area contributed by atoms with Crippen molar-refractivity contribution in [2.45, 2.75) is 19.9 Å². The second-order valence-corrected chi connectivity index (χ2v) is 4.99. The molecule has 0 radical (unpaired) electrons. The number of anilines is 1. The van der Waals surface area contributed by atoms with Crippen LogP contribution in [0.25, 0.3) is 22.6 Å². The molecule has 5 heteroatoms. The summed E-state index contributed by atoms with van der Waals surface area (Å²) in [7, 11) is 0. The number of nitrogen functional groups attached to an aromatic ring is 1. The zero-order valence-electron chi connectivity index (χ0n) is 11.4. The third kappa shape index (κ3) is 1.79. The molecule has 2 heterocycles. The Morgan fingerprint density at radius 3 is 2.75 bits per heavy atom. The first kappa shape index (κ1) is 12.5. The van der Waals surface area contributed by atoms with E-state index in [-0.39, 0.29) is 11.8 Å². The Hall–Kier alpha value is -2.56. The minimum atomic E-state index is 0.0599. The fourth-order valence-corrected chi connectivity index (χ4v) is 2.35. The van der Waals surface area contributed by atoms with Crippen LogP contribution in [0.4, 0.5) is 5.69 Å². The maximum absolute atomic E-state index is 10.2. The van der Waals surface area contributed by atoms with Crippen molar-refractivity contribution < 1.29 is 5.11 Å². The summed E-state index contributed by atoms with van der Waals surface area (Å²) in [5, 5.41) is 10.2. The molecule has 0 saturated carbocycles. The first-order valence-electron chi connectivity index (χ1n) is 6.50. The van der Waals surface area contributed by atoms with Gasteiger partial charge in [0.25, 0.3) is 0 Å². The molecule has 1 aromatic carbocycles. The first-order valence-corrected chi connectivity index (χ1v) is 6.50. The van der Waals surface area contributed by atoms with Crippen molar-refractivity contribution in [1.82, 2.24) is 14.5 Å². The van der Waals surface area contributed by atoms with Gasteiger partial charge in [0.2, 0.25) is 0 Å². The summed E-state index contributed by atoms with van der Waals surface area (Å²) in [5.41, 5.74) is 8.35. The Balaban J connectivity index is 2.36. The number of hydrogen-bond acceptors (Lipinski definition) is 4. The normalized spacial score (nSPS) is 11.3. The van der Waals surface area contributed by atoms with Crippen LogP contribution in [-0.2, 0) is 0 Å². The van der Waals surface area contributed by atoms with Crippen molar-refractivity contribution in [3.05, 3.63) is 36.5 Å². The molecule has 0 spiro atoms. The van der Waals surface area contributed by atoms with Crippen molar-refractivity contribution in [2.75, 3.05) is 5.73 Å². The Kier molecular flexibility index (Phi) is 2.82. The highest BCUT2D eigenvalue weighted by molar-refractivity contribution is 5.81. The van der Waals surface area contributed by atoms with Crippen LogP contribution in [0, 0.1) is 0 Å². The third-order valence-corrected chi connectivity index (χ3v) is 3.27. The number of hydrogen-bond donors (Lipinski definition) is 2. The van der Waals surface area contributed by atoms with Crippen LogP contribution < -0.4 is 5.73 Å². The van der Waals surface area contributed by atoms with E-state index in [1.165, 1.54) is 0 Å². The van der Waals surface area contributed by atoms with E-state index in [4.69, 9.17) is 5.73 Å². The molecular formula is C15H16N4O. The largest absolute Gasteiger partial charge is 0.505 e. The van der Waals surface area contributed by atoms with Crippen LogP contribution in [0.5, 0.6) is 5.75 Å². The van der Waals surface area contributed by atoms with Gasteiger partial charge in [0.05, 0.1) is 11.3 Å². The molecule has 0 fully saturated rings. The van der Waals surface area contributed by atoms with Gasteiger partial charge in [0.15, 0.2) is 5.65 Å². The fraction of sp³-hybridized carbons (Fsp3) is 0.200. The Bertz CT molecular complexity index is 777. The maximum Gasteiger partial charge on any atom is 0.160 e. The highest BCUT2D eigenvalue weighted by atomic mass is 16.3. The van der Waals surface area contributed by atoms with Gasteiger partial charge in [-0.3, -0.25) is 0 Å². The van der Waals surface area contributed by atoms with Gasteiger partial charge in [-0.15, -0.1) is 0 Å². The molecular weight excluding hydrogens is 252 g/mol. The van der Waals surface area contributed by atoms with E-state index in [9.17, 15) is 5.11 Å². The predicted octanol–water partition coefficient (Wildman–Crippen LogP) is 2.97. The van der Waals surface area contributed by atoms with Crippen LogP contribution in [0.3, 0.4) is 0 Å². The Morgan fingerprint density at radius 2 is 2.00 bits per heavy atom. The summed E-state index contributed by atoms with van der Waals surface area (Å²) in [6, 6.07) is 9.22. The number of rotatable bonds is 2. The summed E-state index contributed by atoms with van der Waals surface area (Å²) in [5.74, 6) is 0.739. The molecule has 0 aliphatic heterocycles. The number of aromatic hydroxyl groups is 1. The van der Waals surface area contributed by atoms with E-state index in [0.717, 1.165) is 11.2 Å². The lowest BCUT2D eigenvalue weighted by Gasteiger charge is -2.13. The number of pyridine rings is 1. The number of phenols is 1. The lowest BCUT2D eigenvalue weighted by Crippen LogP contribution is -2.04. The van der Waals surface area contributed by atoms with E-state index < -0.39 is 0 Å². The van der Waals surface area contributed by atoms with Crippen LogP contribution >= 0.6 is 0 Å². The first-order chi connectivity index (χ1) is 9.59. The summed E-state index contributed by atoms with van der Waals surface area (Å²) in [6.07, 6.45) is 1.74. The van der Waals surface area contributed by atoms with Crippen LogP contribution in [-0.4, -0.2) is 19.6 Å². The average Bonchev–Trinajstić information content (AvgIpc) is 2.81. The van der Waals surface area contributed by atoms with E-state index in [0.29, 0.717) is 17.1 Å². The number of phenolic OH excluding ortho intramolecular Hbond substituents is 1. The van der Waals surface area contributed by atoms with Crippen molar-refractivity contribution in [3.8, 4) is 17.1 Å². The molecule has 102 valence electrons. The zero-order chi connectivity index (χ0) is 14.3. The second-order valence-electron chi connectivity index (χ2n) is 4.99. The van der Waals surface area contributed by atoms with E-state index in [1.807, 2.05) is 28.8 Å². The third-order valence-electron chi connectivity index (χ3n) is 3.27. The topological polar surface area (TPSA) is 77.0 Å². The lowest BCUT2D eigenvalue weighted by molar-refractivity contribution is 0.478. The molecule has 20 heavy (non-hydrogen) atoms. The van der Waals surface area contributed by atoms with Gasteiger partial charge in [0.1, 0.15) is 17.1 Å². The quantitative estimate of drug-likeness (QED) is 0.553. The molecule has 5 nitrogen and oxygen atoms in total. The van der Waals surface area contributed by atoms with Crippen molar-refractivity contribution in [1.29, 1.82) is 0 Å². The number of nitrogens with zero attached hydrogens (tertiary/aromatic N) is 3. The summed E-state index contributed by atoms with van der Waals surface area (Å²) in [6.45, 7) is 4.12. The predicted molar refractivity (Wildman–Crippen MR) is 79.4 cm³/mol. The molecule has 0 amide bonds. The molecule has 0 atom stereocenters. The van der Waals surface area contributed by atoms with Gasteiger partial charge in [-0.05, 0) is 38.1 Å². The van der Waals surface area contributed by atoms with Gasteiger partial charge in [-0.1, -0.05) is 6.07 Å². The number of para-hydroxylation sites is 1.